The summed E-state index contributed by atoms with van der Waals surface area (Å²) in [6, 6.07) is 14.5. The summed E-state index contributed by atoms with van der Waals surface area (Å²) in [5.74, 6) is -3.90. The highest BCUT2D eigenvalue weighted by Gasteiger charge is 2.12. The van der Waals surface area contributed by atoms with Crippen molar-refractivity contribution in [2.75, 3.05) is 13.1 Å². The van der Waals surface area contributed by atoms with Crippen LogP contribution in [0.4, 0.5) is 0 Å². The molecule has 0 saturated carbocycles. The number of carbonyl (C=O) groups is 4. The first kappa shape index (κ1) is 39.4. The maximum absolute atomic E-state index is 10.2. The fourth-order valence-electron chi connectivity index (χ4n) is 2.65. The van der Waals surface area contributed by atoms with E-state index in [1.54, 1.807) is 12.1 Å². The summed E-state index contributed by atoms with van der Waals surface area (Å²) in [5, 5.41) is 41.9. The van der Waals surface area contributed by atoms with E-state index in [2.05, 4.69) is 17.1 Å². The Morgan fingerprint density at radius 2 is 1.26 bits per heavy atom. The Morgan fingerprint density at radius 3 is 1.69 bits per heavy atom. The Morgan fingerprint density at radius 1 is 0.738 bits per heavy atom. The van der Waals surface area contributed by atoms with Gasteiger partial charge in [0.25, 0.3) is 0 Å². The summed E-state index contributed by atoms with van der Waals surface area (Å²) in [6.45, 7) is 1.16. The van der Waals surface area contributed by atoms with Crippen molar-refractivity contribution in [3.63, 3.8) is 0 Å². The summed E-state index contributed by atoms with van der Waals surface area (Å²) in [5.41, 5.74) is 27.7. The fourth-order valence-corrected chi connectivity index (χ4v) is 2.65. The molecule has 2 aromatic rings. The lowest BCUT2D eigenvalue weighted by molar-refractivity contribution is -0.140. The van der Waals surface area contributed by atoms with Gasteiger partial charge >= 0.3 is 23.9 Å². The number of aromatic hydroxyl groups is 1. The van der Waals surface area contributed by atoms with Crippen LogP contribution in [0.15, 0.2) is 59.6 Å². The molecule has 0 unspecified atom stereocenters. The number of aliphatic imine (C=N–C) groups is 1. The zero-order chi connectivity index (χ0) is 32.5. The Kier molecular flexibility index (Phi) is 22.6. The molecule has 15 heteroatoms. The number of hydrogen-bond acceptors (Lipinski definition) is 9. The van der Waals surface area contributed by atoms with Gasteiger partial charge in [-0.25, -0.2) is 0 Å². The van der Waals surface area contributed by atoms with Crippen molar-refractivity contribution in [2.24, 2.45) is 33.7 Å². The molecule has 0 aliphatic rings. The summed E-state index contributed by atoms with van der Waals surface area (Å²) >= 11 is 0. The second-order valence-corrected chi connectivity index (χ2v) is 8.53. The van der Waals surface area contributed by atoms with Gasteiger partial charge in [0, 0.05) is 13.0 Å². The second kappa shape index (κ2) is 24.1. The third-order valence-electron chi connectivity index (χ3n) is 4.84. The van der Waals surface area contributed by atoms with Crippen LogP contribution < -0.4 is 28.7 Å². The number of phenolic OH excluding ortho intramolecular Hbond substituents is 1. The SMILES string of the molecule is NC(N)=NCCC[C@H](N)C(=O)O.NCCc1ccccc1.N[C@H](CCC(=O)O)C(=O)O.O=C(O)Cc1ccc(O)cc1. The lowest BCUT2D eigenvalue weighted by Gasteiger charge is -2.03. The number of aliphatic carboxylic acids is 4. The number of guanidine groups is 1. The van der Waals surface area contributed by atoms with Crippen molar-refractivity contribution in [1.29, 1.82) is 0 Å². The molecule has 0 aliphatic heterocycles. The summed E-state index contributed by atoms with van der Waals surface area (Å²) in [7, 11) is 0. The van der Waals surface area contributed by atoms with Crippen LogP contribution in [-0.4, -0.2) is 80.5 Å². The molecule has 0 aliphatic carbocycles. The molecule has 42 heavy (non-hydrogen) atoms. The fraction of sp³-hybridized carbons (Fsp3) is 0.370. The van der Waals surface area contributed by atoms with Crippen molar-refractivity contribution >= 4 is 29.8 Å². The predicted molar refractivity (Wildman–Crippen MR) is 157 cm³/mol. The van der Waals surface area contributed by atoms with Gasteiger partial charge < -0.3 is 54.2 Å². The van der Waals surface area contributed by atoms with E-state index in [1.165, 1.54) is 17.7 Å². The summed E-state index contributed by atoms with van der Waals surface area (Å²) in [6.07, 6.45) is 1.72. The molecular weight excluding hydrogens is 552 g/mol. The normalized spacial score (nSPS) is 10.9. The first-order valence-electron chi connectivity index (χ1n) is 12.7. The number of rotatable bonds is 13. The van der Waals surface area contributed by atoms with Crippen molar-refractivity contribution in [3.8, 4) is 5.75 Å². The molecule has 234 valence electrons. The molecule has 0 amide bonds. The highest BCUT2D eigenvalue weighted by atomic mass is 16.4. The van der Waals surface area contributed by atoms with Gasteiger partial charge in [0.2, 0.25) is 0 Å². The Bertz CT molecular complexity index is 1080. The van der Waals surface area contributed by atoms with Gasteiger partial charge in [0.1, 0.15) is 17.8 Å². The molecule has 2 aromatic carbocycles. The molecule has 0 fully saturated rings. The number of phenols is 1. The molecule has 15 N–H and O–H groups in total. The van der Waals surface area contributed by atoms with Crippen LogP contribution in [0, 0.1) is 0 Å². The van der Waals surface area contributed by atoms with Gasteiger partial charge in [-0.05, 0) is 55.5 Å². The monoisotopic (exact) mass is 594 g/mol. The van der Waals surface area contributed by atoms with Crippen LogP contribution in [0.1, 0.15) is 36.8 Å². The van der Waals surface area contributed by atoms with Crippen LogP contribution in [-0.2, 0) is 32.0 Å². The van der Waals surface area contributed by atoms with Gasteiger partial charge in [-0.15, -0.1) is 0 Å². The van der Waals surface area contributed by atoms with Gasteiger partial charge in [-0.1, -0.05) is 42.5 Å². The summed E-state index contributed by atoms with van der Waals surface area (Å²) in [4.78, 5) is 44.0. The Labute approximate surface area is 243 Å². The van der Waals surface area contributed by atoms with E-state index in [-0.39, 0.29) is 31.0 Å². The van der Waals surface area contributed by atoms with E-state index in [4.69, 9.17) is 54.2 Å². The lowest BCUT2D eigenvalue weighted by Crippen LogP contribution is -2.30. The van der Waals surface area contributed by atoms with Crippen LogP contribution in [0.25, 0.3) is 0 Å². The molecule has 0 radical (unpaired) electrons. The van der Waals surface area contributed by atoms with Crippen molar-refractivity contribution in [2.45, 2.75) is 50.6 Å². The Hall–Kier alpha value is -4.73. The third-order valence-corrected chi connectivity index (χ3v) is 4.84. The van der Waals surface area contributed by atoms with Gasteiger partial charge in [0.15, 0.2) is 5.96 Å². The number of hydrogen-bond donors (Lipinski definition) is 10. The van der Waals surface area contributed by atoms with E-state index in [9.17, 15) is 19.2 Å². The van der Waals surface area contributed by atoms with Crippen LogP contribution in [0.3, 0.4) is 0 Å². The van der Waals surface area contributed by atoms with E-state index in [1.807, 2.05) is 18.2 Å². The second-order valence-electron chi connectivity index (χ2n) is 8.53. The molecule has 0 saturated heterocycles. The number of nitrogens with zero attached hydrogens (tertiary/aromatic N) is 1. The first-order valence-corrected chi connectivity index (χ1v) is 12.7. The maximum Gasteiger partial charge on any atom is 0.320 e. The van der Waals surface area contributed by atoms with E-state index >= 15 is 0 Å². The zero-order valence-corrected chi connectivity index (χ0v) is 23.2. The molecule has 0 bridgehead atoms. The molecular formula is C27H42N6O9. The Balaban J connectivity index is 0. The maximum atomic E-state index is 10.2. The van der Waals surface area contributed by atoms with E-state index in [0.717, 1.165) is 13.0 Å². The van der Waals surface area contributed by atoms with Crippen molar-refractivity contribution in [1.82, 2.24) is 0 Å². The van der Waals surface area contributed by atoms with E-state index < -0.39 is 36.0 Å². The van der Waals surface area contributed by atoms with Crippen molar-refractivity contribution < 1.29 is 44.7 Å². The highest BCUT2D eigenvalue weighted by Crippen LogP contribution is 2.09. The highest BCUT2D eigenvalue weighted by molar-refractivity contribution is 5.76. The number of nitrogens with two attached hydrogens (primary N) is 5. The smallest absolute Gasteiger partial charge is 0.320 e. The van der Waals surface area contributed by atoms with Crippen LogP contribution >= 0.6 is 0 Å². The average Bonchev–Trinajstić information content (AvgIpc) is 2.92. The number of carboxylic acid groups (broad SMARTS) is 4. The minimum Gasteiger partial charge on any atom is -0.508 e. The zero-order valence-electron chi connectivity index (χ0n) is 23.2. The summed E-state index contributed by atoms with van der Waals surface area (Å²) < 4.78 is 0. The first-order chi connectivity index (χ1) is 19.7. The van der Waals surface area contributed by atoms with E-state index in [0.29, 0.717) is 24.9 Å². The van der Waals surface area contributed by atoms with Gasteiger partial charge in [-0.2, -0.15) is 0 Å². The quantitative estimate of drug-likeness (QED) is 0.0824. The number of carboxylic acids is 4. The van der Waals surface area contributed by atoms with Crippen LogP contribution in [0.5, 0.6) is 5.75 Å². The largest absolute Gasteiger partial charge is 0.508 e. The van der Waals surface area contributed by atoms with Crippen molar-refractivity contribution in [3.05, 3.63) is 65.7 Å². The number of benzene rings is 2. The lowest BCUT2D eigenvalue weighted by atomic mass is 10.1. The minimum atomic E-state index is -1.17. The third kappa shape index (κ3) is 25.5. The molecule has 15 nitrogen and oxygen atoms in total. The predicted octanol–water partition coefficient (Wildman–Crippen LogP) is -0.0779. The average molecular weight is 595 g/mol. The molecule has 0 aromatic heterocycles. The van der Waals surface area contributed by atoms with Crippen LogP contribution in [0.2, 0.25) is 0 Å². The molecule has 2 rings (SSSR count). The molecule has 0 heterocycles. The molecule has 0 spiro atoms. The molecule has 2 atom stereocenters. The van der Waals surface area contributed by atoms with Gasteiger partial charge in [0.05, 0.1) is 6.42 Å². The minimum absolute atomic E-state index is 0.000278. The van der Waals surface area contributed by atoms with Gasteiger partial charge in [-0.3, -0.25) is 24.2 Å². The standard InChI is InChI=1S/C8H11N.C8H8O3.C6H14N4O2.C5H9NO4/c9-7-6-8-4-2-1-3-5-8;9-7-3-1-6(2-4-7)5-8(10)11;7-4(5(11)12)2-1-3-10-6(8)9;6-3(5(9)10)1-2-4(7)8/h1-5H,6-7,9H2;1-4,9H,5H2,(H,10,11);4H,1-3,7H2,(H,11,12)(H4,8,9,10);3H,1-2,6H2,(H,7,8)(H,9,10)/t;;4-;3-/m..01/s1. The topological polar surface area (TPSA) is 312 Å².